The predicted octanol–water partition coefficient (Wildman–Crippen LogP) is 2.55. The second-order valence-electron chi connectivity index (χ2n) is 5.64. The number of nitrogens with zero attached hydrogens (tertiary/aromatic N) is 2. The van der Waals surface area contributed by atoms with Gasteiger partial charge in [-0.05, 0) is 33.8 Å². The predicted molar refractivity (Wildman–Crippen MR) is 131 cm³/mol. The minimum absolute atomic E-state index is 0.129. The molecule has 30 heavy (non-hydrogen) atoms. The van der Waals surface area contributed by atoms with Gasteiger partial charge in [-0.15, -0.1) is 0 Å². The molecule has 2 N–H and O–H groups in total. The highest BCUT2D eigenvalue weighted by atomic mass is 32.2. The largest absolute Gasteiger partial charge is 0.323 e. The van der Waals surface area contributed by atoms with Crippen LogP contribution >= 0.6 is 46.2 Å². The maximum Gasteiger partial charge on any atom is 0.323 e. The molecular weight excluding hydrogens is 505 g/mol. The molecule has 0 fully saturated rings. The molecule has 1 aromatic carbocycles. The van der Waals surface area contributed by atoms with Crippen molar-refractivity contribution in [2.24, 2.45) is 0 Å². The summed E-state index contributed by atoms with van der Waals surface area (Å²) in [5.41, 5.74) is 2.34. The summed E-state index contributed by atoms with van der Waals surface area (Å²) in [5, 5.41) is 12.7. The van der Waals surface area contributed by atoms with E-state index in [1.54, 1.807) is 25.0 Å². The molecular formula is C16H22N4O4S6. The summed E-state index contributed by atoms with van der Waals surface area (Å²) in [5.74, 6) is 1.55. The topological polar surface area (TPSA) is 126 Å². The normalized spacial score (nSPS) is 10.3. The Hall–Kier alpha value is -1.06. The number of benzene rings is 1. The van der Waals surface area contributed by atoms with Gasteiger partial charge in [0.25, 0.3) is 0 Å². The zero-order valence-corrected chi connectivity index (χ0v) is 21.6. The van der Waals surface area contributed by atoms with Gasteiger partial charge < -0.3 is 0 Å². The molecule has 3 rings (SSSR count). The molecule has 166 valence electrons. The molecule has 0 radical (unpaired) electrons. The van der Waals surface area contributed by atoms with Gasteiger partial charge in [0.1, 0.15) is 0 Å². The summed E-state index contributed by atoms with van der Waals surface area (Å²) in [6, 6.07) is 8.24. The van der Waals surface area contributed by atoms with E-state index in [9.17, 15) is 18.0 Å². The highest BCUT2D eigenvalue weighted by Gasteiger charge is 2.03. The summed E-state index contributed by atoms with van der Waals surface area (Å²) in [6.07, 6.45) is 6.56. The molecule has 2 heterocycles. The lowest BCUT2D eigenvalue weighted by atomic mass is 10.2. The summed E-state index contributed by atoms with van der Waals surface area (Å²) in [6.45, 7) is 0. The van der Waals surface area contributed by atoms with E-state index in [-0.39, 0.29) is 9.75 Å². The third-order valence-electron chi connectivity index (χ3n) is 2.58. The van der Waals surface area contributed by atoms with Crippen LogP contribution in [0.2, 0.25) is 0 Å². The molecule has 14 heteroatoms. The van der Waals surface area contributed by atoms with Crippen LogP contribution in [-0.4, -0.2) is 53.8 Å². The van der Waals surface area contributed by atoms with Crippen LogP contribution in [0, 0.1) is 0 Å². The van der Waals surface area contributed by atoms with Gasteiger partial charge in [-0.2, -0.15) is 10.2 Å². The molecule has 3 aromatic rings. The molecule has 0 saturated carbocycles. The van der Waals surface area contributed by atoms with Crippen LogP contribution in [0.1, 0.15) is 11.1 Å². The van der Waals surface area contributed by atoms with Gasteiger partial charge >= 0.3 is 9.75 Å². The molecule has 0 atom stereocenters. The number of aromatic amines is 2. The van der Waals surface area contributed by atoms with E-state index in [1.165, 1.54) is 34.7 Å². The lowest BCUT2D eigenvalue weighted by molar-refractivity contribution is 0.689. The first-order chi connectivity index (χ1) is 14.2. The smallest absolute Gasteiger partial charge is 0.260 e. The van der Waals surface area contributed by atoms with Gasteiger partial charge in [0.05, 0.1) is 0 Å². The first-order valence-electron chi connectivity index (χ1n) is 8.10. The Labute approximate surface area is 195 Å². The standard InChI is InChI=1S/C12H10N4O2S4.2C2H6OS/c17-9-13-15-11(21-9)19-5-7-1-2-8(4-3-7)6-20-12-16-14-10(18)22-12;2*1-4(2)3/h1-4H,5-6H2,(H,13,17)(H,14,18);2*1-2H3. The highest BCUT2D eigenvalue weighted by Crippen LogP contribution is 2.25. The number of hydrogen-bond acceptors (Lipinski definition) is 10. The van der Waals surface area contributed by atoms with Crippen LogP contribution in [0.3, 0.4) is 0 Å². The summed E-state index contributed by atoms with van der Waals surface area (Å²) in [4.78, 5) is 21.7. The zero-order valence-electron chi connectivity index (χ0n) is 16.7. The first-order valence-corrected chi connectivity index (χ1v) is 15.6. The van der Waals surface area contributed by atoms with Crippen molar-refractivity contribution in [2.45, 2.75) is 20.2 Å². The summed E-state index contributed by atoms with van der Waals surface area (Å²) < 4.78 is 20.6. The number of nitrogens with one attached hydrogen (secondary N) is 2. The Balaban J connectivity index is 0.000000485. The van der Waals surface area contributed by atoms with Crippen LogP contribution in [0.25, 0.3) is 0 Å². The van der Waals surface area contributed by atoms with Crippen molar-refractivity contribution in [2.75, 3.05) is 25.0 Å². The van der Waals surface area contributed by atoms with Crippen LogP contribution in [0.4, 0.5) is 0 Å². The number of aromatic nitrogens is 4. The average Bonchev–Trinajstić information content (AvgIpc) is 3.26. The second-order valence-corrected chi connectivity index (χ2v) is 13.0. The van der Waals surface area contributed by atoms with Crippen molar-refractivity contribution >= 4 is 67.8 Å². The van der Waals surface area contributed by atoms with Crippen LogP contribution in [0.5, 0.6) is 0 Å². The fourth-order valence-electron chi connectivity index (χ4n) is 1.58. The number of H-pyrrole nitrogens is 2. The average molecular weight is 527 g/mol. The minimum atomic E-state index is -0.611. The number of thioether (sulfide) groups is 2. The summed E-state index contributed by atoms with van der Waals surface area (Å²) >= 11 is 5.32. The summed E-state index contributed by atoms with van der Waals surface area (Å²) in [7, 11) is -1.22. The van der Waals surface area contributed by atoms with Gasteiger partial charge in [0, 0.05) is 58.1 Å². The van der Waals surface area contributed by atoms with Crippen molar-refractivity contribution in [3.8, 4) is 0 Å². The molecule has 0 aliphatic carbocycles. The zero-order chi connectivity index (χ0) is 22.5. The third kappa shape index (κ3) is 13.3. The van der Waals surface area contributed by atoms with Crippen molar-refractivity contribution in [1.29, 1.82) is 0 Å². The molecule has 0 bridgehead atoms. The molecule has 0 unspecified atom stereocenters. The van der Waals surface area contributed by atoms with E-state index >= 15 is 0 Å². The van der Waals surface area contributed by atoms with Crippen molar-refractivity contribution in [1.82, 2.24) is 20.4 Å². The van der Waals surface area contributed by atoms with Crippen molar-refractivity contribution in [3.63, 3.8) is 0 Å². The van der Waals surface area contributed by atoms with E-state index in [2.05, 4.69) is 44.7 Å². The molecule has 0 aliphatic heterocycles. The fourth-order valence-corrected chi connectivity index (χ4v) is 4.72. The maximum absolute atomic E-state index is 11.0. The Kier molecular flexibility index (Phi) is 13.4. The minimum Gasteiger partial charge on any atom is -0.260 e. The molecule has 0 saturated heterocycles. The number of rotatable bonds is 6. The molecule has 0 aliphatic rings. The highest BCUT2D eigenvalue weighted by molar-refractivity contribution is 8.00. The first kappa shape index (κ1) is 27.0. The van der Waals surface area contributed by atoms with Crippen molar-refractivity contribution in [3.05, 3.63) is 54.7 Å². The third-order valence-corrected chi connectivity index (χ3v) is 6.51. The lowest BCUT2D eigenvalue weighted by Gasteiger charge is -2.02. The Bertz CT molecular complexity index is 949. The van der Waals surface area contributed by atoms with Crippen LogP contribution in [0.15, 0.2) is 42.5 Å². The molecule has 0 amide bonds. The quantitative estimate of drug-likeness (QED) is 0.470. The Morgan fingerprint density at radius 3 is 1.30 bits per heavy atom. The van der Waals surface area contributed by atoms with Gasteiger partial charge in [-0.3, -0.25) is 18.0 Å². The van der Waals surface area contributed by atoms with Crippen LogP contribution < -0.4 is 9.75 Å². The van der Waals surface area contributed by atoms with Gasteiger partial charge in [0.2, 0.25) is 0 Å². The van der Waals surface area contributed by atoms with E-state index in [0.29, 0.717) is 0 Å². The van der Waals surface area contributed by atoms with E-state index in [0.717, 1.165) is 42.9 Å². The van der Waals surface area contributed by atoms with Crippen LogP contribution in [-0.2, 0) is 33.1 Å². The van der Waals surface area contributed by atoms with Gasteiger partial charge in [-0.25, -0.2) is 10.2 Å². The van der Waals surface area contributed by atoms with E-state index in [4.69, 9.17) is 0 Å². The lowest BCUT2D eigenvalue weighted by Crippen LogP contribution is -1.90. The maximum atomic E-state index is 11.0. The Morgan fingerprint density at radius 1 is 0.767 bits per heavy atom. The second kappa shape index (κ2) is 14.9. The van der Waals surface area contributed by atoms with E-state index in [1.807, 2.05) is 0 Å². The van der Waals surface area contributed by atoms with Gasteiger partial charge in [-0.1, -0.05) is 47.8 Å². The molecule has 0 spiro atoms. The monoisotopic (exact) mass is 526 g/mol. The SMILES string of the molecule is CS(C)=O.CS(C)=O.O=c1[nH]nc(SCc2ccc(CSc3n[nH]c(=O)s3)cc2)s1. The van der Waals surface area contributed by atoms with Gasteiger partial charge in [0.15, 0.2) is 8.68 Å². The van der Waals surface area contributed by atoms with E-state index < -0.39 is 21.6 Å². The Morgan fingerprint density at radius 2 is 1.07 bits per heavy atom. The molecule has 2 aromatic heterocycles. The van der Waals surface area contributed by atoms with Crippen molar-refractivity contribution < 1.29 is 8.42 Å². The molecule has 8 nitrogen and oxygen atoms in total. The number of hydrogen-bond donors (Lipinski definition) is 2. The fraction of sp³-hybridized carbons (Fsp3) is 0.375.